The number of alkyl halides is 6. The average Bonchev–Trinajstić information content (AvgIpc) is 2.90. The van der Waals surface area contributed by atoms with Crippen LogP contribution >= 0.6 is 0 Å². The molecule has 5 heterocycles. The van der Waals surface area contributed by atoms with Gasteiger partial charge in [0.15, 0.2) is 11.6 Å². The van der Waals surface area contributed by atoms with Gasteiger partial charge >= 0.3 is 12.4 Å². The lowest BCUT2D eigenvalue weighted by Gasteiger charge is -2.47. The van der Waals surface area contributed by atoms with E-state index in [0.717, 1.165) is 18.5 Å². The second-order valence-electron chi connectivity index (χ2n) is 10.4. The van der Waals surface area contributed by atoms with E-state index in [1.165, 1.54) is 0 Å². The Hall–Kier alpha value is -3.56. The molecule has 2 aromatic heterocycles. The summed E-state index contributed by atoms with van der Waals surface area (Å²) >= 11 is 0. The maximum atomic E-state index is 13.3. The SMILES string of the molecule is C[C@@H](COC1CCCN(C2CCN3c4ncc(C(F)(F)F)cc4OC[C@@H]3C2)C1=O)Nc1cn[nH]c(=O)c1C(F)(F)F. The predicted octanol–water partition coefficient (Wildman–Crippen LogP) is 3.44. The monoisotopic (exact) mass is 590 g/mol. The van der Waals surface area contributed by atoms with Crippen LogP contribution in [0.3, 0.4) is 0 Å². The van der Waals surface area contributed by atoms with Crippen molar-refractivity contribution >= 4 is 17.4 Å². The summed E-state index contributed by atoms with van der Waals surface area (Å²) in [5, 5.41) is 7.80. The highest BCUT2D eigenvalue weighted by molar-refractivity contribution is 5.82. The Morgan fingerprint density at radius 1 is 1.10 bits per heavy atom. The molecule has 0 bridgehead atoms. The van der Waals surface area contributed by atoms with Crippen molar-refractivity contribution in [2.75, 3.05) is 36.5 Å². The lowest BCUT2D eigenvalue weighted by molar-refractivity contribution is -0.151. The van der Waals surface area contributed by atoms with Crippen molar-refractivity contribution in [3.05, 3.63) is 39.9 Å². The maximum Gasteiger partial charge on any atom is 0.423 e. The number of likely N-dealkylation sites (tertiary alicyclic amines) is 1. The zero-order chi connectivity index (χ0) is 29.5. The number of piperidine rings is 2. The topological polar surface area (TPSA) is 113 Å². The molecule has 2 aromatic rings. The fourth-order valence-electron chi connectivity index (χ4n) is 5.59. The van der Waals surface area contributed by atoms with E-state index >= 15 is 0 Å². The summed E-state index contributed by atoms with van der Waals surface area (Å²) in [5.74, 6) is 0.212. The second-order valence-corrected chi connectivity index (χ2v) is 10.4. The van der Waals surface area contributed by atoms with Crippen molar-refractivity contribution in [3.8, 4) is 5.75 Å². The third kappa shape index (κ3) is 6.06. The van der Waals surface area contributed by atoms with Crippen molar-refractivity contribution in [1.82, 2.24) is 20.1 Å². The summed E-state index contributed by atoms with van der Waals surface area (Å²) in [4.78, 5) is 32.7. The summed E-state index contributed by atoms with van der Waals surface area (Å²) in [6.45, 7) is 2.63. The highest BCUT2D eigenvalue weighted by atomic mass is 19.4. The molecule has 0 aliphatic carbocycles. The molecule has 0 spiro atoms. The number of aromatic nitrogens is 3. The number of carbonyl (C=O) groups excluding carboxylic acids is 1. The normalized spacial score (nSPS) is 23.9. The molecule has 3 aliphatic heterocycles. The first kappa shape index (κ1) is 29.0. The number of hydrogen-bond donors (Lipinski definition) is 2. The number of rotatable bonds is 6. The Labute approximate surface area is 230 Å². The molecule has 10 nitrogen and oxygen atoms in total. The highest BCUT2D eigenvalue weighted by Gasteiger charge is 2.42. The number of fused-ring (bicyclic) bond motifs is 3. The van der Waals surface area contributed by atoms with Gasteiger partial charge in [0.25, 0.3) is 11.5 Å². The number of nitrogens with zero attached hydrogens (tertiary/aromatic N) is 4. The van der Waals surface area contributed by atoms with Crippen molar-refractivity contribution in [1.29, 1.82) is 0 Å². The fraction of sp³-hybridized carbons (Fsp3) is 0.600. The van der Waals surface area contributed by atoms with E-state index in [1.807, 2.05) is 4.90 Å². The molecule has 4 atom stereocenters. The minimum Gasteiger partial charge on any atom is -0.488 e. The Morgan fingerprint density at radius 3 is 2.61 bits per heavy atom. The van der Waals surface area contributed by atoms with Crippen LogP contribution in [0, 0.1) is 0 Å². The van der Waals surface area contributed by atoms with E-state index in [1.54, 1.807) is 16.9 Å². The molecule has 41 heavy (non-hydrogen) atoms. The van der Waals surface area contributed by atoms with Crippen LogP contribution in [-0.2, 0) is 21.9 Å². The lowest BCUT2D eigenvalue weighted by atomic mass is 9.92. The van der Waals surface area contributed by atoms with E-state index in [4.69, 9.17) is 9.47 Å². The van der Waals surface area contributed by atoms with Crippen LogP contribution in [0.15, 0.2) is 23.3 Å². The zero-order valence-electron chi connectivity index (χ0n) is 21.9. The molecule has 2 saturated heterocycles. The van der Waals surface area contributed by atoms with E-state index < -0.39 is 46.9 Å². The number of aromatic amines is 1. The van der Waals surface area contributed by atoms with E-state index in [9.17, 15) is 35.9 Å². The van der Waals surface area contributed by atoms with Crippen LogP contribution in [0.2, 0.25) is 0 Å². The van der Waals surface area contributed by atoms with Crippen LogP contribution in [-0.4, -0.2) is 76.5 Å². The van der Waals surface area contributed by atoms with Gasteiger partial charge in [0, 0.05) is 31.4 Å². The molecule has 2 N–H and O–H groups in total. The number of halogens is 6. The Kier molecular flexibility index (Phi) is 7.78. The van der Waals surface area contributed by atoms with Crippen molar-refractivity contribution in [2.24, 2.45) is 0 Å². The first-order valence-corrected chi connectivity index (χ1v) is 13.1. The molecule has 224 valence electrons. The molecular formula is C25H28F6N6O4. The number of hydrogen-bond acceptors (Lipinski definition) is 8. The molecule has 2 unspecified atom stereocenters. The first-order valence-electron chi connectivity index (χ1n) is 13.1. The summed E-state index contributed by atoms with van der Waals surface area (Å²) in [7, 11) is 0. The first-order chi connectivity index (χ1) is 19.3. The zero-order valence-corrected chi connectivity index (χ0v) is 21.9. The lowest BCUT2D eigenvalue weighted by Crippen LogP contribution is -2.58. The quantitative estimate of drug-likeness (QED) is 0.493. The number of amides is 1. The Morgan fingerprint density at radius 2 is 1.88 bits per heavy atom. The molecule has 1 amide bonds. The number of nitrogens with one attached hydrogen (secondary N) is 2. The van der Waals surface area contributed by atoms with Gasteiger partial charge in [-0.1, -0.05) is 0 Å². The second kappa shape index (κ2) is 11.0. The van der Waals surface area contributed by atoms with Gasteiger partial charge in [0.1, 0.15) is 18.3 Å². The summed E-state index contributed by atoms with van der Waals surface area (Å²) in [6, 6.07) is -0.0284. The van der Waals surface area contributed by atoms with Crippen molar-refractivity contribution in [3.63, 3.8) is 0 Å². The minimum absolute atomic E-state index is 0.0815. The number of H-pyrrole nitrogens is 1. The molecule has 0 radical (unpaired) electrons. The smallest absolute Gasteiger partial charge is 0.423 e. The third-order valence-electron chi connectivity index (χ3n) is 7.51. The molecule has 0 saturated carbocycles. The van der Waals surface area contributed by atoms with Gasteiger partial charge in [0.2, 0.25) is 0 Å². The number of pyridine rings is 1. The van der Waals surface area contributed by atoms with Crippen LogP contribution in [0.25, 0.3) is 0 Å². The van der Waals surface area contributed by atoms with Gasteiger partial charge in [-0.2, -0.15) is 31.4 Å². The standard InChI is InChI=1S/C25H28F6N6O4/c1-13(34-17-10-33-35-22(38)20(17)25(29,30)31)11-40-18-3-2-5-37(23(18)39)15-4-6-36-16(8-15)12-41-19-7-14(24(26,27)28)9-32-21(19)36/h7,9-10,13,15-16,18H,2-6,8,11-12H2,1H3,(H2,34,35,38)/t13-,15?,16-,18?/m0/s1. The maximum absolute atomic E-state index is 13.3. The predicted molar refractivity (Wildman–Crippen MR) is 133 cm³/mol. The molecule has 5 rings (SSSR count). The van der Waals surface area contributed by atoms with Crippen molar-refractivity contribution in [2.45, 2.75) is 69.2 Å². The Bertz CT molecular complexity index is 1330. The van der Waals surface area contributed by atoms with Gasteiger partial charge < -0.3 is 24.6 Å². The number of anilines is 2. The number of ether oxygens (including phenoxy) is 2. The van der Waals surface area contributed by atoms with Crippen LogP contribution in [0.5, 0.6) is 5.75 Å². The minimum atomic E-state index is -4.89. The van der Waals surface area contributed by atoms with Gasteiger partial charge in [-0.3, -0.25) is 9.59 Å². The van der Waals surface area contributed by atoms with Gasteiger partial charge in [-0.05, 0) is 38.7 Å². The van der Waals surface area contributed by atoms with Gasteiger partial charge in [-0.25, -0.2) is 10.1 Å². The largest absolute Gasteiger partial charge is 0.488 e. The van der Waals surface area contributed by atoms with Crippen LogP contribution in [0.1, 0.15) is 43.7 Å². The van der Waals surface area contributed by atoms with E-state index in [0.29, 0.717) is 44.6 Å². The number of carbonyl (C=O) groups is 1. The van der Waals surface area contributed by atoms with E-state index in [2.05, 4.69) is 15.4 Å². The Balaban J connectivity index is 1.18. The molecule has 3 aliphatic rings. The molecule has 0 aromatic carbocycles. The molecule has 16 heteroatoms. The summed E-state index contributed by atoms with van der Waals surface area (Å²) in [6.07, 6.45) is -6.30. The summed E-state index contributed by atoms with van der Waals surface area (Å²) < 4.78 is 90.6. The molecular weight excluding hydrogens is 562 g/mol. The van der Waals surface area contributed by atoms with Crippen LogP contribution < -0.4 is 20.5 Å². The fourth-order valence-corrected chi connectivity index (χ4v) is 5.59. The van der Waals surface area contributed by atoms with Crippen LogP contribution in [0.4, 0.5) is 37.8 Å². The molecule has 2 fully saturated rings. The van der Waals surface area contributed by atoms with Crippen molar-refractivity contribution < 1.29 is 40.6 Å². The highest BCUT2D eigenvalue weighted by Crippen LogP contribution is 2.40. The third-order valence-corrected chi connectivity index (χ3v) is 7.51. The van der Waals surface area contributed by atoms with E-state index in [-0.39, 0.29) is 37.0 Å². The average molecular weight is 591 g/mol. The van der Waals surface area contributed by atoms with Gasteiger partial charge in [0.05, 0.1) is 30.1 Å². The van der Waals surface area contributed by atoms with Gasteiger partial charge in [-0.15, -0.1) is 0 Å². The summed E-state index contributed by atoms with van der Waals surface area (Å²) in [5.41, 5.74) is -4.13.